The Balaban J connectivity index is 3.85. The number of ether oxygens (including phenoxy) is 2. The van der Waals surface area contributed by atoms with E-state index in [0.29, 0.717) is 19.1 Å². The highest BCUT2D eigenvalue weighted by Crippen LogP contribution is 2.13. The first-order valence-electron chi connectivity index (χ1n) is 7.89. The third-order valence-corrected chi connectivity index (χ3v) is 3.17. The Kier molecular flexibility index (Phi) is 12.6. The Morgan fingerprint density at radius 1 is 0.905 bits per heavy atom. The van der Waals surface area contributed by atoms with Crippen LogP contribution >= 0.6 is 0 Å². The van der Waals surface area contributed by atoms with Crippen molar-refractivity contribution < 1.29 is 19.1 Å². The average Bonchev–Trinajstić information content (AvgIpc) is 2.49. The van der Waals surface area contributed by atoms with E-state index in [1.807, 2.05) is 0 Å². The van der Waals surface area contributed by atoms with Crippen molar-refractivity contribution in [2.75, 3.05) is 13.2 Å². The Bertz CT molecular complexity index is 319. The second-order valence-electron chi connectivity index (χ2n) is 5.01. The van der Waals surface area contributed by atoms with E-state index < -0.39 is 12.2 Å². The molecule has 0 rings (SSSR count). The quantitative estimate of drug-likeness (QED) is 0.414. The Morgan fingerprint density at radius 3 is 2.10 bits per heavy atom. The first kappa shape index (κ1) is 19.5. The molecule has 0 aromatic rings. The smallest absolute Gasteiger partial charge is 0.447 e. The summed E-state index contributed by atoms with van der Waals surface area (Å²) in [6.45, 7) is 6.86. The van der Waals surface area contributed by atoms with Crippen molar-refractivity contribution >= 4 is 12.2 Å². The predicted molar refractivity (Wildman–Crippen MR) is 80.4 cm³/mol. The normalized spacial score (nSPS) is 12.3. The van der Waals surface area contributed by atoms with Gasteiger partial charge in [-0.05, 0) is 18.8 Å². The first-order valence-corrected chi connectivity index (χ1v) is 7.89. The first-order chi connectivity index (χ1) is 10.1. The van der Waals surface area contributed by atoms with E-state index in [1.54, 1.807) is 0 Å². The number of rotatable bonds is 10. The molecule has 1 atom stereocenters. The molecule has 0 spiro atoms. The van der Waals surface area contributed by atoms with E-state index in [9.17, 15) is 9.59 Å². The average molecular weight is 300 g/mol. The van der Waals surface area contributed by atoms with E-state index in [1.165, 1.54) is 0 Å². The molecule has 0 bridgehead atoms. The summed E-state index contributed by atoms with van der Waals surface area (Å²) in [4.78, 5) is 22.5. The molecular formula is C15H28N2O4. The highest BCUT2D eigenvalue weighted by Gasteiger charge is 2.10. The summed E-state index contributed by atoms with van der Waals surface area (Å²) in [5.41, 5.74) is 0. The van der Waals surface area contributed by atoms with Crippen LogP contribution in [0.25, 0.3) is 0 Å². The second-order valence-corrected chi connectivity index (χ2v) is 5.01. The summed E-state index contributed by atoms with van der Waals surface area (Å²) < 4.78 is 9.77. The molecule has 21 heavy (non-hydrogen) atoms. The zero-order valence-corrected chi connectivity index (χ0v) is 13.5. The van der Waals surface area contributed by atoms with Gasteiger partial charge in [-0.2, -0.15) is 0 Å². The molecule has 0 saturated heterocycles. The van der Waals surface area contributed by atoms with Crippen molar-refractivity contribution in [3.63, 3.8) is 0 Å². The molecule has 6 nitrogen and oxygen atoms in total. The SMILES string of the molecule is CCCCCOC(=O)N=NC(=O)OCC(CC)CCCC. The molecule has 6 heteroatoms. The van der Waals surface area contributed by atoms with Crippen LogP contribution < -0.4 is 0 Å². The van der Waals surface area contributed by atoms with Crippen molar-refractivity contribution in [2.45, 2.75) is 65.7 Å². The fraction of sp³-hybridized carbons (Fsp3) is 0.867. The van der Waals surface area contributed by atoms with E-state index in [4.69, 9.17) is 9.47 Å². The topological polar surface area (TPSA) is 77.3 Å². The Hall–Kier alpha value is -1.46. The lowest BCUT2D eigenvalue weighted by Gasteiger charge is -2.12. The predicted octanol–water partition coefficient (Wildman–Crippen LogP) is 5.12. The summed E-state index contributed by atoms with van der Waals surface area (Å²) >= 11 is 0. The third-order valence-electron chi connectivity index (χ3n) is 3.17. The van der Waals surface area contributed by atoms with Crippen molar-refractivity contribution in [1.82, 2.24) is 0 Å². The second kappa shape index (κ2) is 13.5. The van der Waals surface area contributed by atoms with Gasteiger partial charge >= 0.3 is 12.2 Å². The lowest BCUT2D eigenvalue weighted by atomic mass is 10.0. The maximum atomic E-state index is 11.3. The van der Waals surface area contributed by atoms with Gasteiger partial charge in [-0.1, -0.05) is 63.1 Å². The van der Waals surface area contributed by atoms with Crippen LogP contribution in [0.5, 0.6) is 0 Å². The summed E-state index contributed by atoms with van der Waals surface area (Å²) in [5.74, 6) is 0.338. The minimum absolute atomic E-state index is 0.301. The van der Waals surface area contributed by atoms with Gasteiger partial charge in [0, 0.05) is 0 Å². The molecule has 0 fully saturated rings. The molecule has 2 amide bonds. The lowest BCUT2D eigenvalue weighted by Crippen LogP contribution is -2.11. The fourth-order valence-corrected chi connectivity index (χ4v) is 1.74. The summed E-state index contributed by atoms with van der Waals surface area (Å²) in [6, 6.07) is 0. The van der Waals surface area contributed by atoms with Gasteiger partial charge in [-0.25, -0.2) is 9.59 Å². The van der Waals surface area contributed by atoms with Crippen LogP contribution in [-0.2, 0) is 9.47 Å². The molecule has 0 aliphatic rings. The number of unbranched alkanes of at least 4 members (excludes halogenated alkanes) is 3. The summed E-state index contributed by atoms with van der Waals surface area (Å²) in [7, 11) is 0. The van der Waals surface area contributed by atoms with Crippen molar-refractivity contribution in [2.24, 2.45) is 16.1 Å². The molecule has 0 heterocycles. The van der Waals surface area contributed by atoms with Crippen LogP contribution in [0, 0.1) is 5.92 Å². The molecular weight excluding hydrogens is 272 g/mol. The Morgan fingerprint density at radius 2 is 1.52 bits per heavy atom. The van der Waals surface area contributed by atoms with E-state index in [2.05, 4.69) is 31.0 Å². The van der Waals surface area contributed by atoms with Gasteiger partial charge in [-0.3, -0.25) is 0 Å². The zero-order valence-electron chi connectivity index (χ0n) is 13.5. The van der Waals surface area contributed by atoms with E-state index >= 15 is 0 Å². The van der Waals surface area contributed by atoms with Crippen LogP contribution in [0.4, 0.5) is 9.59 Å². The number of hydrogen-bond donors (Lipinski definition) is 0. The minimum atomic E-state index is -0.846. The van der Waals surface area contributed by atoms with Gasteiger partial charge in [0.1, 0.15) is 0 Å². The maximum Gasteiger partial charge on any atom is 0.452 e. The van der Waals surface area contributed by atoms with Crippen LogP contribution in [-0.4, -0.2) is 25.4 Å². The summed E-state index contributed by atoms with van der Waals surface area (Å²) in [6.07, 6.45) is 5.34. The highest BCUT2D eigenvalue weighted by molar-refractivity contribution is 5.73. The van der Waals surface area contributed by atoms with Gasteiger partial charge < -0.3 is 9.47 Å². The van der Waals surface area contributed by atoms with E-state index in [0.717, 1.165) is 44.9 Å². The zero-order chi connectivity index (χ0) is 15.9. The molecule has 0 aliphatic heterocycles. The highest BCUT2D eigenvalue weighted by atomic mass is 16.6. The van der Waals surface area contributed by atoms with Gasteiger partial charge in [0.25, 0.3) is 0 Å². The lowest BCUT2D eigenvalue weighted by molar-refractivity contribution is 0.128. The summed E-state index contributed by atoms with van der Waals surface area (Å²) in [5, 5.41) is 6.38. The molecule has 0 saturated carbocycles. The molecule has 0 aromatic heterocycles. The molecule has 0 aromatic carbocycles. The van der Waals surface area contributed by atoms with Crippen LogP contribution in [0.2, 0.25) is 0 Å². The third kappa shape index (κ3) is 12.0. The molecule has 0 N–H and O–H groups in total. The molecule has 1 unspecified atom stereocenters. The van der Waals surface area contributed by atoms with Gasteiger partial charge in [-0.15, -0.1) is 0 Å². The van der Waals surface area contributed by atoms with Gasteiger partial charge in [0.2, 0.25) is 0 Å². The number of amides is 2. The largest absolute Gasteiger partial charge is 0.452 e. The van der Waals surface area contributed by atoms with Gasteiger partial charge in [0.15, 0.2) is 0 Å². The van der Waals surface area contributed by atoms with Crippen LogP contribution in [0.1, 0.15) is 65.7 Å². The number of nitrogens with zero attached hydrogens (tertiary/aromatic N) is 2. The maximum absolute atomic E-state index is 11.3. The molecule has 0 aliphatic carbocycles. The molecule has 122 valence electrons. The van der Waals surface area contributed by atoms with Crippen molar-refractivity contribution in [1.29, 1.82) is 0 Å². The van der Waals surface area contributed by atoms with Crippen molar-refractivity contribution in [3.05, 3.63) is 0 Å². The van der Waals surface area contributed by atoms with Crippen LogP contribution in [0.15, 0.2) is 10.2 Å². The standard InChI is InChI=1S/C15H28N2O4/c1-4-7-9-11-20-14(18)16-17-15(19)21-12-13(6-3)10-8-5-2/h13H,4-12H2,1-3H3. The monoisotopic (exact) mass is 300 g/mol. The van der Waals surface area contributed by atoms with E-state index in [-0.39, 0.29) is 0 Å². The fourth-order valence-electron chi connectivity index (χ4n) is 1.74. The number of hydrogen-bond acceptors (Lipinski definition) is 4. The number of carbonyl (C=O) groups excluding carboxylic acids is 2. The molecule has 0 radical (unpaired) electrons. The Labute approximate surface area is 127 Å². The number of azo groups is 1. The van der Waals surface area contributed by atoms with Gasteiger partial charge in [0.05, 0.1) is 13.2 Å². The van der Waals surface area contributed by atoms with Crippen LogP contribution in [0.3, 0.4) is 0 Å². The number of carbonyl (C=O) groups is 2. The van der Waals surface area contributed by atoms with Crippen molar-refractivity contribution in [3.8, 4) is 0 Å². The minimum Gasteiger partial charge on any atom is -0.447 e.